The molecule has 0 spiro atoms. The molecule has 0 N–H and O–H groups in total. The Morgan fingerprint density at radius 3 is 2.33 bits per heavy atom. The standard InChI is InChI=1S/C19H23FN4O5S/c1-13-18(14(2)22(3)21-13)19(26)29-12-17(25)23-8-10-24(11-9-23)30(27,28)16-7-5-4-6-15(16)20/h4-7H,8-12H2,1-3H3. The van der Waals surface area contributed by atoms with Crippen LogP contribution < -0.4 is 0 Å². The number of benzene rings is 1. The van der Waals surface area contributed by atoms with Gasteiger partial charge in [-0.3, -0.25) is 9.48 Å². The number of aromatic nitrogens is 2. The largest absolute Gasteiger partial charge is 0.452 e. The first-order valence-electron chi connectivity index (χ1n) is 9.32. The molecule has 1 aromatic heterocycles. The van der Waals surface area contributed by atoms with Gasteiger partial charge in [0.2, 0.25) is 10.0 Å². The number of piperazine rings is 1. The Bertz CT molecular complexity index is 1070. The fourth-order valence-electron chi connectivity index (χ4n) is 3.33. The Morgan fingerprint density at radius 1 is 1.13 bits per heavy atom. The number of aryl methyl sites for hydroxylation is 2. The minimum Gasteiger partial charge on any atom is -0.452 e. The van der Waals surface area contributed by atoms with Crippen molar-refractivity contribution in [2.75, 3.05) is 32.8 Å². The Labute approximate surface area is 174 Å². The van der Waals surface area contributed by atoms with Gasteiger partial charge in [0.05, 0.1) is 5.69 Å². The van der Waals surface area contributed by atoms with Crippen LogP contribution in [0.3, 0.4) is 0 Å². The molecule has 1 aliphatic heterocycles. The minimum absolute atomic E-state index is 0.0250. The first-order chi connectivity index (χ1) is 14.1. The van der Waals surface area contributed by atoms with E-state index in [-0.39, 0.29) is 31.1 Å². The van der Waals surface area contributed by atoms with Crippen LogP contribution in [0.4, 0.5) is 4.39 Å². The molecule has 30 heavy (non-hydrogen) atoms. The molecule has 1 amide bonds. The molecule has 0 saturated carbocycles. The van der Waals surface area contributed by atoms with Crippen LogP contribution in [0.15, 0.2) is 29.2 Å². The van der Waals surface area contributed by atoms with Crippen molar-refractivity contribution >= 4 is 21.9 Å². The van der Waals surface area contributed by atoms with Gasteiger partial charge in [-0.2, -0.15) is 9.40 Å². The van der Waals surface area contributed by atoms with Crippen molar-refractivity contribution in [3.05, 3.63) is 47.0 Å². The summed E-state index contributed by atoms with van der Waals surface area (Å²) in [5, 5.41) is 4.14. The highest BCUT2D eigenvalue weighted by atomic mass is 32.2. The molecule has 1 fully saturated rings. The number of carbonyl (C=O) groups is 2. The van der Waals surface area contributed by atoms with Crippen LogP contribution in [0.2, 0.25) is 0 Å². The number of carbonyl (C=O) groups excluding carboxylic acids is 2. The Kier molecular flexibility index (Phi) is 6.22. The van der Waals surface area contributed by atoms with Gasteiger partial charge in [0.1, 0.15) is 16.3 Å². The predicted octanol–water partition coefficient (Wildman–Crippen LogP) is 0.866. The monoisotopic (exact) mass is 438 g/mol. The molecule has 1 aromatic carbocycles. The maximum atomic E-state index is 13.9. The molecule has 1 saturated heterocycles. The lowest BCUT2D eigenvalue weighted by molar-refractivity contribution is -0.135. The summed E-state index contributed by atoms with van der Waals surface area (Å²) in [6, 6.07) is 5.17. The molecule has 3 rings (SSSR count). The fraction of sp³-hybridized carbons (Fsp3) is 0.421. The maximum Gasteiger partial charge on any atom is 0.342 e. The topological polar surface area (TPSA) is 102 Å². The summed E-state index contributed by atoms with van der Waals surface area (Å²) in [6.45, 7) is 3.25. The summed E-state index contributed by atoms with van der Waals surface area (Å²) in [4.78, 5) is 25.7. The summed E-state index contributed by atoms with van der Waals surface area (Å²) in [5.41, 5.74) is 1.47. The van der Waals surface area contributed by atoms with E-state index in [0.29, 0.717) is 17.0 Å². The van der Waals surface area contributed by atoms with Crippen LogP contribution >= 0.6 is 0 Å². The lowest BCUT2D eigenvalue weighted by Gasteiger charge is -2.33. The number of sulfonamides is 1. The van der Waals surface area contributed by atoms with Gasteiger partial charge in [-0.05, 0) is 26.0 Å². The maximum absolute atomic E-state index is 13.9. The number of amides is 1. The molecule has 0 bridgehead atoms. The highest BCUT2D eigenvalue weighted by Gasteiger charge is 2.32. The van der Waals surface area contributed by atoms with Gasteiger partial charge in [0.15, 0.2) is 6.61 Å². The molecule has 0 aliphatic carbocycles. The van der Waals surface area contributed by atoms with Crippen molar-refractivity contribution in [3.63, 3.8) is 0 Å². The van der Waals surface area contributed by atoms with E-state index in [1.807, 2.05) is 0 Å². The molecule has 0 atom stereocenters. The van der Waals surface area contributed by atoms with E-state index >= 15 is 0 Å². The summed E-state index contributed by atoms with van der Waals surface area (Å²) >= 11 is 0. The molecular weight excluding hydrogens is 415 g/mol. The molecule has 0 radical (unpaired) electrons. The van der Waals surface area contributed by atoms with Gasteiger partial charge in [-0.1, -0.05) is 12.1 Å². The highest BCUT2D eigenvalue weighted by Crippen LogP contribution is 2.20. The van der Waals surface area contributed by atoms with Crippen LogP contribution in [-0.4, -0.2) is 72.1 Å². The predicted molar refractivity (Wildman–Crippen MR) is 105 cm³/mol. The third-order valence-electron chi connectivity index (χ3n) is 5.09. The normalized spacial score (nSPS) is 15.3. The Morgan fingerprint density at radius 2 is 1.77 bits per heavy atom. The summed E-state index contributed by atoms with van der Waals surface area (Å²) in [6.07, 6.45) is 0. The quantitative estimate of drug-likeness (QED) is 0.642. The number of esters is 1. The second-order valence-corrected chi connectivity index (χ2v) is 8.87. The molecule has 11 heteroatoms. The van der Waals surface area contributed by atoms with Gasteiger partial charge in [0, 0.05) is 38.9 Å². The van der Waals surface area contributed by atoms with Crippen molar-refractivity contribution in [1.29, 1.82) is 0 Å². The smallest absolute Gasteiger partial charge is 0.342 e. The molecule has 2 aromatic rings. The number of hydrogen-bond donors (Lipinski definition) is 0. The SMILES string of the molecule is Cc1nn(C)c(C)c1C(=O)OCC(=O)N1CCN(S(=O)(=O)c2ccccc2F)CC1. The van der Waals surface area contributed by atoms with E-state index in [1.165, 1.54) is 23.1 Å². The minimum atomic E-state index is -3.99. The summed E-state index contributed by atoms with van der Waals surface area (Å²) < 4.78 is 47.0. The fourth-order valence-corrected chi connectivity index (χ4v) is 4.82. The lowest BCUT2D eigenvalue weighted by atomic mass is 10.2. The van der Waals surface area contributed by atoms with E-state index in [2.05, 4.69) is 5.10 Å². The van der Waals surface area contributed by atoms with E-state index < -0.39 is 34.3 Å². The van der Waals surface area contributed by atoms with Crippen molar-refractivity contribution in [2.24, 2.45) is 7.05 Å². The Hall–Kier alpha value is -2.79. The molecule has 1 aliphatic rings. The third kappa shape index (κ3) is 4.21. The number of hydrogen-bond acceptors (Lipinski definition) is 6. The molecule has 9 nitrogen and oxygen atoms in total. The second kappa shape index (κ2) is 8.52. The third-order valence-corrected chi connectivity index (χ3v) is 7.02. The van der Waals surface area contributed by atoms with Gasteiger partial charge >= 0.3 is 5.97 Å². The van der Waals surface area contributed by atoms with Crippen LogP contribution in [0.25, 0.3) is 0 Å². The Balaban J connectivity index is 1.57. The average Bonchev–Trinajstić information content (AvgIpc) is 2.97. The van der Waals surface area contributed by atoms with E-state index in [1.54, 1.807) is 25.6 Å². The van der Waals surface area contributed by atoms with Crippen molar-refractivity contribution in [2.45, 2.75) is 18.7 Å². The van der Waals surface area contributed by atoms with Gasteiger partial charge in [-0.15, -0.1) is 0 Å². The second-order valence-electron chi connectivity index (χ2n) is 6.96. The van der Waals surface area contributed by atoms with Crippen molar-refractivity contribution in [1.82, 2.24) is 19.0 Å². The van der Waals surface area contributed by atoms with Crippen LogP contribution in [0.5, 0.6) is 0 Å². The lowest BCUT2D eigenvalue weighted by Crippen LogP contribution is -2.51. The highest BCUT2D eigenvalue weighted by molar-refractivity contribution is 7.89. The van der Waals surface area contributed by atoms with Crippen LogP contribution in [0.1, 0.15) is 21.7 Å². The molecule has 0 unspecified atom stereocenters. The van der Waals surface area contributed by atoms with E-state index in [0.717, 1.165) is 10.4 Å². The number of ether oxygens (including phenoxy) is 1. The first-order valence-corrected chi connectivity index (χ1v) is 10.8. The first kappa shape index (κ1) is 21.9. The van der Waals surface area contributed by atoms with Crippen LogP contribution in [-0.2, 0) is 26.6 Å². The van der Waals surface area contributed by atoms with E-state index in [4.69, 9.17) is 4.74 Å². The summed E-state index contributed by atoms with van der Waals surface area (Å²) in [5.74, 6) is -1.87. The zero-order valence-electron chi connectivity index (χ0n) is 17.0. The summed E-state index contributed by atoms with van der Waals surface area (Å²) in [7, 11) is -2.28. The van der Waals surface area contributed by atoms with Gasteiger partial charge in [0.25, 0.3) is 5.91 Å². The zero-order valence-corrected chi connectivity index (χ0v) is 17.8. The van der Waals surface area contributed by atoms with Crippen molar-refractivity contribution < 1.29 is 27.1 Å². The van der Waals surface area contributed by atoms with Crippen molar-refractivity contribution in [3.8, 4) is 0 Å². The average molecular weight is 438 g/mol. The van der Waals surface area contributed by atoms with Gasteiger partial charge < -0.3 is 9.64 Å². The van der Waals surface area contributed by atoms with Gasteiger partial charge in [-0.25, -0.2) is 17.6 Å². The number of halogens is 1. The van der Waals surface area contributed by atoms with Crippen LogP contribution in [0, 0.1) is 19.7 Å². The van der Waals surface area contributed by atoms with E-state index in [9.17, 15) is 22.4 Å². The molecular formula is C19H23FN4O5S. The molecule has 162 valence electrons. The zero-order chi connectivity index (χ0) is 22.1. The molecule has 2 heterocycles. The number of rotatable bonds is 5. The number of nitrogens with zero attached hydrogens (tertiary/aromatic N) is 4.